The number of benzene rings is 2. The lowest BCUT2D eigenvalue weighted by Gasteiger charge is -2.33. The number of carbonyl (C=O) groups is 2. The van der Waals surface area contributed by atoms with Crippen molar-refractivity contribution in [2.24, 2.45) is 11.7 Å². The van der Waals surface area contributed by atoms with Crippen LogP contribution < -0.4 is 10.6 Å². The highest BCUT2D eigenvalue weighted by molar-refractivity contribution is 7.22. The van der Waals surface area contributed by atoms with E-state index in [0.717, 1.165) is 58.8 Å². The smallest absolute Gasteiger partial charge is 0.243 e. The zero-order valence-corrected chi connectivity index (χ0v) is 20.2. The average molecular weight is 465 g/mol. The van der Waals surface area contributed by atoms with Gasteiger partial charge in [0.2, 0.25) is 11.8 Å². The van der Waals surface area contributed by atoms with Gasteiger partial charge in [0.05, 0.1) is 23.3 Å². The van der Waals surface area contributed by atoms with Gasteiger partial charge in [-0.2, -0.15) is 0 Å². The van der Waals surface area contributed by atoms with Crippen LogP contribution >= 0.6 is 11.3 Å². The summed E-state index contributed by atoms with van der Waals surface area (Å²) >= 11 is 1.57. The molecular formula is C26H32N4O2S. The lowest BCUT2D eigenvalue weighted by molar-refractivity contribution is -0.121. The van der Waals surface area contributed by atoms with Crippen molar-refractivity contribution < 1.29 is 9.59 Å². The lowest BCUT2D eigenvalue weighted by Crippen LogP contribution is -2.44. The number of rotatable bonds is 8. The Kier molecular flexibility index (Phi) is 7.40. The van der Waals surface area contributed by atoms with Crippen LogP contribution in [0.3, 0.4) is 0 Å². The third kappa shape index (κ3) is 5.78. The second kappa shape index (κ2) is 10.4. The predicted molar refractivity (Wildman–Crippen MR) is 134 cm³/mol. The number of hydrogen-bond donors (Lipinski definition) is 1. The van der Waals surface area contributed by atoms with Crippen molar-refractivity contribution in [1.82, 2.24) is 9.88 Å². The number of carbonyl (C=O) groups excluding carboxylic acids is 2. The van der Waals surface area contributed by atoms with Crippen LogP contribution in [0.15, 0.2) is 42.5 Å². The number of aromatic nitrogens is 1. The number of nitrogens with zero attached hydrogens (tertiary/aromatic N) is 3. The van der Waals surface area contributed by atoms with E-state index in [1.165, 1.54) is 5.56 Å². The summed E-state index contributed by atoms with van der Waals surface area (Å²) in [6.07, 6.45) is 3.33. The molecule has 33 heavy (non-hydrogen) atoms. The maximum atomic E-state index is 13.6. The largest absolute Gasteiger partial charge is 0.370 e. The van der Waals surface area contributed by atoms with Crippen LogP contribution in [-0.4, -0.2) is 41.3 Å². The van der Waals surface area contributed by atoms with E-state index in [-0.39, 0.29) is 11.8 Å². The normalized spacial score (nSPS) is 16.7. The van der Waals surface area contributed by atoms with Crippen LogP contribution in [-0.2, 0) is 16.1 Å². The zero-order valence-electron chi connectivity index (χ0n) is 19.4. The summed E-state index contributed by atoms with van der Waals surface area (Å²) in [5.74, 6) is 0.219. The van der Waals surface area contributed by atoms with Gasteiger partial charge < -0.3 is 5.73 Å². The zero-order chi connectivity index (χ0) is 23.4. The van der Waals surface area contributed by atoms with Gasteiger partial charge in [-0.1, -0.05) is 47.7 Å². The van der Waals surface area contributed by atoms with Crippen LogP contribution in [0.4, 0.5) is 5.13 Å². The van der Waals surface area contributed by atoms with E-state index in [1.807, 2.05) is 35.2 Å². The summed E-state index contributed by atoms with van der Waals surface area (Å²) in [7, 11) is 0. The molecule has 3 aromatic rings. The van der Waals surface area contributed by atoms with E-state index >= 15 is 0 Å². The Balaban J connectivity index is 1.55. The minimum Gasteiger partial charge on any atom is -0.370 e. The summed E-state index contributed by atoms with van der Waals surface area (Å²) in [6, 6.07) is 14.3. The molecule has 2 heterocycles. The number of piperidine rings is 1. The fourth-order valence-corrected chi connectivity index (χ4v) is 5.55. The molecule has 1 aliphatic rings. The predicted octanol–water partition coefficient (Wildman–Crippen LogP) is 4.42. The molecule has 1 atom stereocenters. The summed E-state index contributed by atoms with van der Waals surface area (Å²) in [4.78, 5) is 33.7. The lowest BCUT2D eigenvalue weighted by atomic mass is 9.93. The van der Waals surface area contributed by atoms with Crippen LogP contribution in [0.5, 0.6) is 0 Å². The van der Waals surface area contributed by atoms with Crippen molar-refractivity contribution >= 4 is 38.5 Å². The number of hydrogen-bond acceptors (Lipinski definition) is 5. The molecule has 6 nitrogen and oxygen atoms in total. The number of primary amides is 1. The van der Waals surface area contributed by atoms with Gasteiger partial charge in [-0.05, 0) is 68.3 Å². The van der Waals surface area contributed by atoms with E-state index in [1.54, 1.807) is 11.3 Å². The fourth-order valence-electron chi connectivity index (χ4n) is 4.51. The molecule has 174 valence electrons. The molecule has 1 unspecified atom stereocenters. The van der Waals surface area contributed by atoms with Crippen molar-refractivity contribution in [3.63, 3.8) is 0 Å². The van der Waals surface area contributed by atoms with Crippen molar-refractivity contribution in [3.8, 4) is 0 Å². The number of likely N-dealkylation sites (tertiary alicyclic amines) is 1. The maximum absolute atomic E-state index is 13.6. The van der Waals surface area contributed by atoms with Crippen molar-refractivity contribution in [3.05, 3.63) is 59.2 Å². The number of nitrogens with two attached hydrogens (primary N) is 1. The topological polar surface area (TPSA) is 79.5 Å². The Labute approximate surface area is 199 Å². The van der Waals surface area contributed by atoms with E-state index in [2.05, 4.69) is 30.9 Å². The Morgan fingerprint density at radius 1 is 1.18 bits per heavy atom. The van der Waals surface area contributed by atoms with Crippen molar-refractivity contribution in [1.29, 1.82) is 0 Å². The number of aryl methyl sites for hydroxylation is 2. The number of fused-ring (bicyclic) bond motifs is 1. The van der Waals surface area contributed by atoms with Crippen LogP contribution in [0.1, 0.15) is 42.4 Å². The van der Waals surface area contributed by atoms with E-state index in [4.69, 9.17) is 10.7 Å². The minimum absolute atomic E-state index is 0.0582. The van der Waals surface area contributed by atoms with Crippen molar-refractivity contribution in [2.75, 3.05) is 24.5 Å². The highest BCUT2D eigenvalue weighted by atomic mass is 32.1. The first-order valence-electron chi connectivity index (χ1n) is 11.6. The molecule has 2 N–H and O–H groups in total. The Hall–Kier alpha value is -2.77. The Bertz CT molecular complexity index is 1130. The Morgan fingerprint density at radius 3 is 2.73 bits per heavy atom. The molecule has 1 fully saturated rings. The molecule has 2 amide bonds. The fraction of sp³-hybridized carbons (Fsp3) is 0.423. The van der Waals surface area contributed by atoms with E-state index in [0.29, 0.717) is 25.4 Å². The van der Waals surface area contributed by atoms with E-state index in [9.17, 15) is 9.59 Å². The van der Waals surface area contributed by atoms with Gasteiger partial charge in [0.25, 0.3) is 0 Å². The standard InChI is InChI=1S/C26H32N4O2S/c1-18-10-12-22-25(19(18)2)28-26(33-22)30(16-20-7-4-3-5-8-20)24(32)17-29-14-6-9-21(15-29)11-13-23(27)31/h3-5,7-8,10,12,21H,6,9,11,13-17H2,1-2H3,(H2,27,31). The van der Waals surface area contributed by atoms with Crippen LogP contribution in [0.2, 0.25) is 0 Å². The molecule has 4 rings (SSSR count). The van der Waals surface area contributed by atoms with Gasteiger partial charge in [0, 0.05) is 13.0 Å². The quantitative estimate of drug-likeness (QED) is 0.535. The molecule has 2 aromatic carbocycles. The second-order valence-electron chi connectivity index (χ2n) is 9.06. The molecule has 1 saturated heterocycles. The van der Waals surface area contributed by atoms with Gasteiger partial charge in [-0.15, -0.1) is 0 Å². The highest BCUT2D eigenvalue weighted by Crippen LogP contribution is 2.33. The van der Waals surface area contributed by atoms with E-state index < -0.39 is 0 Å². The van der Waals surface area contributed by atoms with Crippen molar-refractivity contribution in [2.45, 2.75) is 46.1 Å². The number of amides is 2. The SMILES string of the molecule is Cc1ccc2sc(N(Cc3ccccc3)C(=O)CN3CCCC(CCC(N)=O)C3)nc2c1C. The summed E-state index contributed by atoms with van der Waals surface area (Å²) in [5.41, 5.74) is 9.76. The third-order valence-corrected chi connectivity index (χ3v) is 7.59. The van der Waals surface area contributed by atoms with Gasteiger partial charge in [-0.3, -0.25) is 19.4 Å². The first-order chi connectivity index (χ1) is 15.9. The molecule has 1 aromatic heterocycles. The van der Waals surface area contributed by atoms with Gasteiger partial charge in [0.1, 0.15) is 0 Å². The molecule has 1 aliphatic heterocycles. The summed E-state index contributed by atoms with van der Waals surface area (Å²) < 4.78 is 1.10. The molecule has 0 radical (unpaired) electrons. The molecular weight excluding hydrogens is 432 g/mol. The highest BCUT2D eigenvalue weighted by Gasteiger charge is 2.26. The van der Waals surface area contributed by atoms with Crippen LogP contribution in [0.25, 0.3) is 10.2 Å². The van der Waals surface area contributed by atoms with Crippen LogP contribution in [0, 0.1) is 19.8 Å². The maximum Gasteiger partial charge on any atom is 0.243 e. The summed E-state index contributed by atoms with van der Waals surface area (Å²) in [6.45, 7) is 6.76. The van der Waals surface area contributed by atoms with Gasteiger partial charge in [0.15, 0.2) is 5.13 Å². The number of thiazole rings is 1. The monoisotopic (exact) mass is 464 g/mol. The minimum atomic E-state index is -0.251. The third-order valence-electron chi connectivity index (χ3n) is 6.55. The molecule has 0 bridgehead atoms. The Morgan fingerprint density at radius 2 is 1.97 bits per heavy atom. The van der Waals surface area contributed by atoms with Gasteiger partial charge >= 0.3 is 0 Å². The molecule has 0 saturated carbocycles. The molecule has 0 aliphatic carbocycles. The molecule has 0 spiro atoms. The average Bonchev–Trinajstić information content (AvgIpc) is 3.24. The first kappa shape index (κ1) is 23.4. The first-order valence-corrected chi connectivity index (χ1v) is 12.4. The summed E-state index contributed by atoms with van der Waals surface area (Å²) in [5, 5.41) is 0.745. The molecule has 7 heteroatoms. The second-order valence-corrected chi connectivity index (χ2v) is 10.1. The van der Waals surface area contributed by atoms with Gasteiger partial charge in [-0.25, -0.2) is 4.98 Å². The number of anilines is 1.